The number of benzene rings is 1. The molecule has 0 unspecified atom stereocenters. The second-order valence-electron chi connectivity index (χ2n) is 5.97. The van der Waals surface area contributed by atoms with E-state index in [0.29, 0.717) is 6.10 Å². The lowest BCUT2D eigenvalue weighted by atomic mass is 9.81. The highest BCUT2D eigenvalue weighted by molar-refractivity contribution is 5.19. The number of ether oxygens (including phenoxy) is 2. The average Bonchev–Trinajstić information content (AvgIpc) is 2.49. The number of hydrogen-bond donors (Lipinski definition) is 1. The first-order valence-corrected chi connectivity index (χ1v) is 7.86. The first kappa shape index (κ1) is 14.1. The number of hydrogen-bond acceptors (Lipinski definition) is 3. The summed E-state index contributed by atoms with van der Waals surface area (Å²) < 4.78 is 12.5. The van der Waals surface area contributed by atoms with E-state index in [9.17, 15) is 0 Å². The fraction of sp³-hybridized carbons (Fsp3) is 0.647. The average molecular weight is 275 g/mol. The highest BCUT2D eigenvalue weighted by atomic mass is 16.5. The fourth-order valence-electron chi connectivity index (χ4n) is 3.57. The van der Waals surface area contributed by atoms with Crippen LogP contribution in [-0.2, 0) is 9.47 Å². The molecule has 1 spiro atoms. The van der Waals surface area contributed by atoms with Crippen LogP contribution in [0.25, 0.3) is 0 Å². The Hall–Kier alpha value is -0.900. The summed E-state index contributed by atoms with van der Waals surface area (Å²) in [5.74, 6) is 0. The van der Waals surface area contributed by atoms with Crippen molar-refractivity contribution < 1.29 is 9.47 Å². The molecule has 0 saturated carbocycles. The largest absolute Gasteiger partial charge is 0.378 e. The molecule has 2 aliphatic heterocycles. The molecule has 3 rings (SSSR count). The van der Waals surface area contributed by atoms with Crippen molar-refractivity contribution in [1.29, 1.82) is 0 Å². The van der Waals surface area contributed by atoms with E-state index in [0.717, 1.165) is 45.4 Å². The maximum Gasteiger partial charge on any atom is 0.0857 e. The molecule has 2 heterocycles. The molecule has 0 radical (unpaired) electrons. The van der Waals surface area contributed by atoms with Crippen molar-refractivity contribution in [2.24, 2.45) is 0 Å². The van der Waals surface area contributed by atoms with E-state index in [4.69, 9.17) is 9.47 Å². The molecule has 0 bridgehead atoms. The summed E-state index contributed by atoms with van der Waals surface area (Å²) in [5.41, 5.74) is 1.30. The zero-order valence-corrected chi connectivity index (χ0v) is 12.3. The summed E-state index contributed by atoms with van der Waals surface area (Å²) in [6.45, 7) is 4.99. The van der Waals surface area contributed by atoms with Crippen molar-refractivity contribution in [2.75, 3.05) is 19.7 Å². The highest BCUT2D eigenvalue weighted by Gasteiger charge is 2.43. The molecule has 2 fully saturated rings. The van der Waals surface area contributed by atoms with Gasteiger partial charge in [-0.3, -0.25) is 0 Å². The minimum atomic E-state index is 0.0177. The molecule has 1 aromatic carbocycles. The predicted octanol–water partition coefficient (Wildman–Crippen LogP) is 3.07. The standard InChI is InChI=1S/C17H25NO2/c1-2-19-15-12-16(14-6-4-3-5-7-14)20-17(13-15)8-10-18-11-9-17/h3-7,15-16,18H,2,8-13H2,1H3/t15-,16+/m0/s1. The van der Waals surface area contributed by atoms with E-state index < -0.39 is 0 Å². The van der Waals surface area contributed by atoms with E-state index in [1.165, 1.54) is 5.56 Å². The van der Waals surface area contributed by atoms with Crippen LogP contribution in [0.4, 0.5) is 0 Å². The summed E-state index contributed by atoms with van der Waals surface area (Å²) in [7, 11) is 0. The van der Waals surface area contributed by atoms with Gasteiger partial charge in [-0.2, -0.15) is 0 Å². The number of piperidine rings is 1. The quantitative estimate of drug-likeness (QED) is 0.919. The predicted molar refractivity (Wildman–Crippen MR) is 79.8 cm³/mol. The lowest BCUT2D eigenvalue weighted by molar-refractivity contribution is -0.185. The number of nitrogens with one attached hydrogen (secondary N) is 1. The Morgan fingerprint density at radius 3 is 2.70 bits per heavy atom. The summed E-state index contributed by atoms with van der Waals surface area (Å²) in [4.78, 5) is 0. The zero-order valence-electron chi connectivity index (χ0n) is 12.3. The van der Waals surface area contributed by atoms with Crippen LogP contribution >= 0.6 is 0 Å². The van der Waals surface area contributed by atoms with Crippen LogP contribution in [0.2, 0.25) is 0 Å². The van der Waals surface area contributed by atoms with Crippen molar-refractivity contribution in [3.63, 3.8) is 0 Å². The van der Waals surface area contributed by atoms with Crippen LogP contribution in [0, 0.1) is 0 Å². The van der Waals surface area contributed by atoms with Crippen molar-refractivity contribution in [2.45, 2.75) is 50.4 Å². The van der Waals surface area contributed by atoms with E-state index in [-0.39, 0.29) is 11.7 Å². The van der Waals surface area contributed by atoms with Crippen molar-refractivity contribution >= 4 is 0 Å². The Labute approximate surface area is 121 Å². The van der Waals surface area contributed by atoms with Crippen LogP contribution < -0.4 is 5.32 Å². The summed E-state index contributed by atoms with van der Waals surface area (Å²) in [6.07, 6.45) is 4.73. The first-order valence-electron chi connectivity index (χ1n) is 7.86. The second-order valence-corrected chi connectivity index (χ2v) is 5.97. The molecule has 0 aromatic heterocycles. The Bertz CT molecular complexity index is 414. The Balaban J connectivity index is 1.79. The third-order valence-corrected chi connectivity index (χ3v) is 4.56. The van der Waals surface area contributed by atoms with E-state index in [1.807, 2.05) is 0 Å². The summed E-state index contributed by atoms with van der Waals surface area (Å²) in [5, 5.41) is 3.44. The third kappa shape index (κ3) is 3.05. The molecule has 0 amide bonds. The molecule has 1 N–H and O–H groups in total. The molecule has 2 aliphatic rings. The fourth-order valence-corrected chi connectivity index (χ4v) is 3.57. The van der Waals surface area contributed by atoms with Gasteiger partial charge in [0.2, 0.25) is 0 Å². The maximum absolute atomic E-state index is 6.56. The molecule has 0 aliphatic carbocycles. The molecular weight excluding hydrogens is 250 g/mol. The van der Waals surface area contributed by atoms with Crippen LogP contribution in [0.15, 0.2) is 30.3 Å². The number of rotatable bonds is 3. The van der Waals surface area contributed by atoms with Crippen molar-refractivity contribution in [1.82, 2.24) is 5.32 Å². The van der Waals surface area contributed by atoms with Gasteiger partial charge in [0, 0.05) is 19.4 Å². The smallest absolute Gasteiger partial charge is 0.0857 e. The Morgan fingerprint density at radius 2 is 2.00 bits per heavy atom. The van der Waals surface area contributed by atoms with Gasteiger partial charge in [0.05, 0.1) is 17.8 Å². The summed E-state index contributed by atoms with van der Waals surface area (Å²) in [6, 6.07) is 10.6. The lowest BCUT2D eigenvalue weighted by Gasteiger charge is -2.47. The highest BCUT2D eigenvalue weighted by Crippen LogP contribution is 2.42. The Morgan fingerprint density at radius 1 is 1.25 bits per heavy atom. The molecule has 3 heteroatoms. The normalized spacial score (nSPS) is 29.4. The summed E-state index contributed by atoms with van der Waals surface area (Å²) >= 11 is 0. The topological polar surface area (TPSA) is 30.5 Å². The SMILES string of the molecule is CCO[C@H]1C[C@H](c2ccccc2)OC2(CCNCC2)C1. The third-order valence-electron chi connectivity index (χ3n) is 4.56. The molecule has 110 valence electrons. The lowest BCUT2D eigenvalue weighted by Crippen LogP contribution is -2.50. The van der Waals surface area contributed by atoms with Gasteiger partial charge in [-0.05, 0) is 38.4 Å². The monoisotopic (exact) mass is 275 g/mol. The van der Waals surface area contributed by atoms with E-state index in [1.54, 1.807) is 0 Å². The first-order chi connectivity index (χ1) is 9.81. The molecule has 1 aromatic rings. The van der Waals surface area contributed by atoms with Gasteiger partial charge in [-0.15, -0.1) is 0 Å². The van der Waals surface area contributed by atoms with Gasteiger partial charge in [-0.25, -0.2) is 0 Å². The van der Waals surface area contributed by atoms with E-state index >= 15 is 0 Å². The molecule has 3 nitrogen and oxygen atoms in total. The minimum Gasteiger partial charge on any atom is -0.378 e. The van der Waals surface area contributed by atoms with Crippen LogP contribution in [0.3, 0.4) is 0 Å². The Kier molecular flexibility index (Phi) is 4.39. The zero-order chi connectivity index (χ0) is 13.8. The molecule has 20 heavy (non-hydrogen) atoms. The van der Waals surface area contributed by atoms with Gasteiger partial charge in [0.25, 0.3) is 0 Å². The van der Waals surface area contributed by atoms with Crippen LogP contribution in [-0.4, -0.2) is 31.4 Å². The molecular formula is C17H25NO2. The van der Waals surface area contributed by atoms with Gasteiger partial charge in [-0.1, -0.05) is 30.3 Å². The van der Waals surface area contributed by atoms with Gasteiger partial charge < -0.3 is 14.8 Å². The van der Waals surface area contributed by atoms with Gasteiger partial charge >= 0.3 is 0 Å². The van der Waals surface area contributed by atoms with Gasteiger partial charge in [0.1, 0.15) is 0 Å². The van der Waals surface area contributed by atoms with Crippen molar-refractivity contribution in [3.05, 3.63) is 35.9 Å². The molecule has 2 saturated heterocycles. The molecule has 2 atom stereocenters. The van der Waals surface area contributed by atoms with Crippen LogP contribution in [0.1, 0.15) is 44.3 Å². The maximum atomic E-state index is 6.56. The minimum absolute atomic E-state index is 0.0177. The van der Waals surface area contributed by atoms with Crippen LogP contribution in [0.5, 0.6) is 0 Å². The van der Waals surface area contributed by atoms with Gasteiger partial charge in [0.15, 0.2) is 0 Å². The van der Waals surface area contributed by atoms with E-state index in [2.05, 4.69) is 42.6 Å². The second kappa shape index (κ2) is 6.25. The van der Waals surface area contributed by atoms with Crippen molar-refractivity contribution in [3.8, 4) is 0 Å².